The highest BCUT2D eigenvalue weighted by Gasteiger charge is 2.37. The van der Waals surface area contributed by atoms with Crippen LogP contribution in [0.1, 0.15) is 34.6 Å². The lowest BCUT2D eigenvalue weighted by Gasteiger charge is -2.40. The van der Waals surface area contributed by atoms with Gasteiger partial charge < -0.3 is 20.4 Å². The predicted molar refractivity (Wildman–Crippen MR) is 86.4 cm³/mol. The van der Waals surface area contributed by atoms with E-state index >= 15 is 0 Å². The summed E-state index contributed by atoms with van der Waals surface area (Å²) in [5.41, 5.74) is 0. The van der Waals surface area contributed by atoms with Gasteiger partial charge in [-0.2, -0.15) is 0 Å². The molecule has 10 heteroatoms. The lowest BCUT2D eigenvalue weighted by molar-refractivity contribution is -0.156. The van der Waals surface area contributed by atoms with Gasteiger partial charge in [-0.15, -0.1) is 0 Å². The van der Waals surface area contributed by atoms with Crippen molar-refractivity contribution in [1.29, 1.82) is 0 Å². The topological polar surface area (TPSA) is 156 Å². The quantitative estimate of drug-likeness (QED) is 0.390. The van der Waals surface area contributed by atoms with Gasteiger partial charge in [-0.1, -0.05) is 0 Å². The van der Waals surface area contributed by atoms with Crippen molar-refractivity contribution in [2.45, 2.75) is 64.8 Å². The van der Waals surface area contributed by atoms with Gasteiger partial charge in [0, 0.05) is 12.6 Å². The van der Waals surface area contributed by atoms with Crippen LogP contribution in [0.5, 0.6) is 0 Å². The van der Waals surface area contributed by atoms with Crippen molar-refractivity contribution < 1.29 is 39.6 Å². The summed E-state index contributed by atoms with van der Waals surface area (Å²) >= 11 is 0. The zero-order valence-electron chi connectivity index (χ0n) is 14.9. The van der Waals surface area contributed by atoms with E-state index in [2.05, 4.69) is 0 Å². The minimum Gasteiger partial charge on any atom is -0.480 e. The van der Waals surface area contributed by atoms with Crippen molar-refractivity contribution in [3.63, 3.8) is 0 Å². The molecule has 10 nitrogen and oxygen atoms in total. The molecule has 0 aliphatic rings. The zero-order chi connectivity index (χ0) is 20.1. The Morgan fingerprint density at radius 3 is 1.16 bits per heavy atom. The van der Waals surface area contributed by atoms with Crippen molar-refractivity contribution >= 4 is 23.9 Å². The fourth-order valence-corrected chi connectivity index (χ4v) is 2.69. The number of hydrogen-bond donors (Lipinski definition) is 4. The second kappa shape index (κ2) is 9.33. The number of hydrogen-bond acceptors (Lipinski definition) is 6. The van der Waals surface area contributed by atoms with Gasteiger partial charge in [0.15, 0.2) is 0 Å². The van der Waals surface area contributed by atoms with Crippen molar-refractivity contribution in [3.8, 4) is 0 Å². The predicted octanol–water partition coefficient (Wildman–Crippen LogP) is -0.129. The third kappa shape index (κ3) is 5.98. The lowest BCUT2D eigenvalue weighted by atomic mass is 10.1. The first-order valence-electron chi connectivity index (χ1n) is 7.77. The molecular weight excluding hydrogens is 336 g/mol. The van der Waals surface area contributed by atoms with Crippen LogP contribution in [0.4, 0.5) is 0 Å². The summed E-state index contributed by atoms with van der Waals surface area (Å²) in [6, 6.07) is -5.31. The molecule has 0 radical (unpaired) electrons. The van der Waals surface area contributed by atoms with E-state index in [0.717, 1.165) is 0 Å². The highest BCUT2D eigenvalue weighted by Crippen LogP contribution is 2.16. The molecule has 5 unspecified atom stereocenters. The molecule has 0 aliphatic heterocycles. The summed E-state index contributed by atoms with van der Waals surface area (Å²) in [5, 5.41) is 36.8. The largest absolute Gasteiger partial charge is 0.480 e. The van der Waals surface area contributed by atoms with E-state index in [1.165, 1.54) is 44.4 Å². The van der Waals surface area contributed by atoms with Crippen LogP contribution < -0.4 is 0 Å². The molecule has 0 fully saturated rings. The molecule has 0 bridgehead atoms. The van der Waals surface area contributed by atoms with Crippen molar-refractivity contribution in [2.24, 2.45) is 0 Å². The molecule has 0 amide bonds. The van der Waals surface area contributed by atoms with Crippen LogP contribution in [0, 0.1) is 0 Å². The molecule has 0 spiro atoms. The van der Waals surface area contributed by atoms with Crippen LogP contribution in [0.3, 0.4) is 0 Å². The third-order valence-corrected chi connectivity index (χ3v) is 4.30. The van der Waals surface area contributed by atoms with Crippen molar-refractivity contribution in [3.05, 3.63) is 0 Å². The minimum absolute atomic E-state index is 0.129. The lowest BCUT2D eigenvalue weighted by Crippen LogP contribution is -2.58. The molecule has 0 aromatic rings. The molecule has 0 aromatic carbocycles. The van der Waals surface area contributed by atoms with E-state index in [9.17, 15) is 39.6 Å². The number of carboxylic acid groups (broad SMARTS) is 4. The van der Waals surface area contributed by atoms with Gasteiger partial charge in [0.05, 0.1) is 0 Å². The molecule has 0 aromatic heterocycles. The van der Waals surface area contributed by atoms with Gasteiger partial charge in [-0.3, -0.25) is 29.0 Å². The Morgan fingerprint density at radius 1 is 0.640 bits per heavy atom. The molecule has 0 heterocycles. The van der Waals surface area contributed by atoms with Gasteiger partial charge in [0.25, 0.3) is 0 Å². The summed E-state index contributed by atoms with van der Waals surface area (Å²) in [6.45, 7) is 6.69. The Labute approximate surface area is 145 Å². The van der Waals surface area contributed by atoms with E-state index in [1.807, 2.05) is 0 Å². The second-order valence-corrected chi connectivity index (χ2v) is 6.05. The first kappa shape index (κ1) is 22.8. The summed E-state index contributed by atoms with van der Waals surface area (Å²) in [6.07, 6.45) is 0. The highest BCUT2D eigenvalue weighted by atomic mass is 16.4. The van der Waals surface area contributed by atoms with Crippen LogP contribution in [0.15, 0.2) is 0 Å². The first-order valence-corrected chi connectivity index (χ1v) is 7.77. The summed E-state index contributed by atoms with van der Waals surface area (Å²) < 4.78 is 0. The molecule has 144 valence electrons. The number of aliphatic carboxylic acids is 4. The molecule has 25 heavy (non-hydrogen) atoms. The zero-order valence-corrected chi connectivity index (χ0v) is 14.9. The molecule has 0 rings (SSSR count). The average molecular weight is 362 g/mol. The van der Waals surface area contributed by atoms with Gasteiger partial charge in [0.1, 0.15) is 24.2 Å². The molecule has 5 atom stereocenters. The average Bonchev–Trinajstić information content (AvgIpc) is 2.50. The molecule has 0 saturated carbocycles. The second-order valence-electron chi connectivity index (χ2n) is 6.05. The standard InChI is InChI=1S/C15H26N2O8/c1-7(17(10(4)14(22)23)11(5)15(24)25)6-16(8(2)12(18)19)9(3)13(20)21/h7-11H,6H2,1-5H3,(H,18,19)(H,20,21)(H,22,23)(H,24,25). The van der Waals surface area contributed by atoms with Crippen LogP contribution >= 0.6 is 0 Å². The Balaban J connectivity index is 5.67. The van der Waals surface area contributed by atoms with Crippen LogP contribution in [0.2, 0.25) is 0 Å². The number of nitrogens with zero attached hydrogens (tertiary/aromatic N) is 2. The fourth-order valence-electron chi connectivity index (χ4n) is 2.69. The van der Waals surface area contributed by atoms with Crippen molar-refractivity contribution in [2.75, 3.05) is 6.54 Å². The van der Waals surface area contributed by atoms with Crippen LogP contribution in [-0.4, -0.2) is 90.9 Å². The Bertz CT molecular complexity index is 484. The van der Waals surface area contributed by atoms with Gasteiger partial charge in [-0.25, -0.2) is 0 Å². The fraction of sp³-hybridized carbons (Fsp3) is 0.733. The third-order valence-electron chi connectivity index (χ3n) is 4.30. The minimum atomic E-state index is -1.23. The maximum absolute atomic E-state index is 11.3. The number of rotatable bonds is 11. The van der Waals surface area contributed by atoms with Crippen LogP contribution in [0.25, 0.3) is 0 Å². The monoisotopic (exact) mass is 362 g/mol. The maximum Gasteiger partial charge on any atom is 0.320 e. The number of carbonyl (C=O) groups is 4. The van der Waals surface area contributed by atoms with E-state index in [-0.39, 0.29) is 6.54 Å². The Hall–Kier alpha value is -2.20. The number of carboxylic acids is 4. The molecule has 0 aliphatic carbocycles. The Morgan fingerprint density at radius 2 is 0.920 bits per heavy atom. The highest BCUT2D eigenvalue weighted by molar-refractivity contribution is 5.78. The van der Waals surface area contributed by atoms with Gasteiger partial charge in [-0.05, 0) is 34.6 Å². The van der Waals surface area contributed by atoms with Gasteiger partial charge >= 0.3 is 23.9 Å². The summed E-state index contributed by atoms with van der Waals surface area (Å²) in [7, 11) is 0. The molecule has 0 saturated heterocycles. The van der Waals surface area contributed by atoms with E-state index in [4.69, 9.17) is 0 Å². The summed E-state index contributed by atoms with van der Waals surface area (Å²) in [5.74, 6) is -4.93. The first-order chi connectivity index (χ1) is 11.3. The van der Waals surface area contributed by atoms with E-state index < -0.39 is 54.1 Å². The van der Waals surface area contributed by atoms with Crippen LogP contribution in [-0.2, 0) is 19.2 Å². The smallest absolute Gasteiger partial charge is 0.320 e. The van der Waals surface area contributed by atoms with Gasteiger partial charge in [0.2, 0.25) is 0 Å². The maximum atomic E-state index is 11.3. The summed E-state index contributed by atoms with van der Waals surface area (Å²) in [4.78, 5) is 47.5. The molecular formula is C15H26N2O8. The SMILES string of the molecule is CC(C(=O)O)N(CC(C)N(C(C)C(=O)O)C(C)C(=O)O)C(C)C(=O)O. The Kier molecular flexibility index (Phi) is 8.51. The molecule has 4 N–H and O–H groups in total. The van der Waals surface area contributed by atoms with E-state index in [1.54, 1.807) is 0 Å². The normalized spacial score (nSPS) is 17.6. The van der Waals surface area contributed by atoms with E-state index in [0.29, 0.717) is 0 Å². The van der Waals surface area contributed by atoms with Crippen molar-refractivity contribution in [1.82, 2.24) is 9.80 Å².